The number of benzene rings is 1. The van der Waals surface area contributed by atoms with Crippen LogP contribution in [0, 0.1) is 5.41 Å². The first kappa shape index (κ1) is 13.3. The highest BCUT2D eigenvalue weighted by atomic mass is 35.5. The van der Waals surface area contributed by atoms with E-state index in [0.29, 0.717) is 5.02 Å². The smallest absolute Gasteiger partial charge is 0.0527 e. The third kappa shape index (κ3) is 3.19. The van der Waals surface area contributed by atoms with Crippen molar-refractivity contribution < 1.29 is 0 Å². The van der Waals surface area contributed by atoms with Gasteiger partial charge in [-0.2, -0.15) is 0 Å². The summed E-state index contributed by atoms with van der Waals surface area (Å²) in [6.07, 6.45) is 4.08. The van der Waals surface area contributed by atoms with Crippen LogP contribution in [0.5, 0.6) is 0 Å². The van der Waals surface area contributed by atoms with Crippen molar-refractivity contribution in [2.24, 2.45) is 5.41 Å². The van der Waals surface area contributed by atoms with Gasteiger partial charge in [0.1, 0.15) is 0 Å². The molecule has 0 aliphatic heterocycles. The Bertz CT molecular complexity index is 461. The summed E-state index contributed by atoms with van der Waals surface area (Å²) in [4.78, 5) is 0. The second kappa shape index (κ2) is 4.84. The molecule has 1 aromatic rings. The lowest BCUT2D eigenvalue weighted by Crippen LogP contribution is -2.21. The summed E-state index contributed by atoms with van der Waals surface area (Å²) in [6, 6.07) is 5.56. The maximum atomic E-state index is 6.29. The summed E-state index contributed by atoms with van der Waals surface area (Å²) < 4.78 is 0. The zero-order chi connectivity index (χ0) is 12.6. The molecule has 0 spiro atoms. The zero-order valence-corrected chi connectivity index (χ0v) is 12.2. The van der Waals surface area contributed by atoms with Gasteiger partial charge in [-0.05, 0) is 47.6 Å². The average Bonchev–Trinajstić information content (AvgIpc) is 2.18. The van der Waals surface area contributed by atoms with Crippen LogP contribution >= 0.6 is 34.8 Å². The van der Waals surface area contributed by atoms with E-state index in [1.165, 1.54) is 5.57 Å². The number of hydrogen-bond acceptors (Lipinski definition) is 0. The van der Waals surface area contributed by atoms with E-state index in [1.807, 2.05) is 12.1 Å². The maximum absolute atomic E-state index is 6.29. The van der Waals surface area contributed by atoms with Gasteiger partial charge in [-0.3, -0.25) is 0 Å². The Hall–Kier alpha value is -0.170. The van der Waals surface area contributed by atoms with Crippen molar-refractivity contribution in [3.05, 3.63) is 39.9 Å². The van der Waals surface area contributed by atoms with Gasteiger partial charge in [-0.1, -0.05) is 43.1 Å². The van der Waals surface area contributed by atoms with Gasteiger partial charge in [0, 0.05) is 10.0 Å². The highest BCUT2D eigenvalue weighted by Crippen LogP contribution is 2.43. The van der Waals surface area contributed by atoms with Crippen LogP contribution in [0.25, 0.3) is 5.57 Å². The minimum absolute atomic E-state index is 0.0730. The van der Waals surface area contributed by atoms with Crippen LogP contribution in [0.3, 0.4) is 0 Å². The van der Waals surface area contributed by atoms with Gasteiger partial charge < -0.3 is 0 Å². The summed E-state index contributed by atoms with van der Waals surface area (Å²) in [5.41, 5.74) is 2.42. The van der Waals surface area contributed by atoms with E-state index in [-0.39, 0.29) is 10.8 Å². The highest BCUT2D eigenvalue weighted by Gasteiger charge is 2.28. The zero-order valence-electron chi connectivity index (χ0n) is 9.93. The second-order valence-corrected chi connectivity index (χ2v) is 6.78. The fourth-order valence-electron chi connectivity index (χ4n) is 2.38. The van der Waals surface area contributed by atoms with Crippen molar-refractivity contribution in [1.82, 2.24) is 0 Å². The molecule has 1 aliphatic carbocycles. The van der Waals surface area contributed by atoms with Crippen LogP contribution in [0.4, 0.5) is 0 Å². The van der Waals surface area contributed by atoms with E-state index < -0.39 is 0 Å². The second-order valence-electron chi connectivity index (χ2n) is 5.38. The molecular weight excluding hydrogens is 275 g/mol. The van der Waals surface area contributed by atoms with Crippen molar-refractivity contribution in [3.63, 3.8) is 0 Å². The molecule has 0 bridgehead atoms. The Labute approximate surface area is 118 Å². The minimum Gasteiger partial charge on any atom is -0.118 e. The minimum atomic E-state index is 0.0730. The quantitative estimate of drug-likeness (QED) is 0.573. The van der Waals surface area contributed by atoms with Crippen LogP contribution in [0.15, 0.2) is 24.3 Å². The fourth-order valence-corrected chi connectivity index (χ4v) is 3.36. The van der Waals surface area contributed by atoms with Gasteiger partial charge in [0.2, 0.25) is 0 Å². The van der Waals surface area contributed by atoms with Crippen LogP contribution < -0.4 is 0 Å². The Morgan fingerprint density at radius 2 is 1.94 bits per heavy atom. The molecule has 0 aromatic heterocycles. The Balaban J connectivity index is 2.43. The van der Waals surface area contributed by atoms with E-state index in [9.17, 15) is 0 Å². The van der Waals surface area contributed by atoms with Gasteiger partial charge in [0.05, 0.1) is 5.38 Å². The Kier molecular flexibility index (Phi) is 3.77. The molecule has 0 saturated carbocycles. The molecule has 0 radical (unpaired) electrons. The van der Waals surface area contributed by atoms with E-state index in [4.69, 9.17) is 34.8 Å². The molecule has 2 rings (SSSR count). The Morgan fingerprint density at radius 1 is 1.24 bits per heavy atom. The predicted octanol–water partition coefficient (Wildman–Crippen LogP) is 5.80. The lowest BCUT2D eigenvalue weighted by Gasteiger charge is -2.32. The largest absolute Gasteiger partial charge is 0.118 e. The molecule has 0 N–H and O–H groups in total. The SMILES string of the molecule is CC1(C)CC(c2cc(Cl)ccc2Cl)=CC(Cl)C1. The summed E-state index contributed by atoms with van der Waals surface area (Å²) in [5, 5.41) is 1.52. The fraction of sp³-hybridized carbons (Fsp3) is 0.429. The summed E-state index contributed by atoms with van der Waals surface area (Å²) >= 11 is 18.5. The van der Waals surface area contributed by atoms with Crippen molar-refractivity contribution in [1.29, 1.82) is 0 Å². The molecule has 1 aromatic carbocycles. The summed E-state index contributed by atoms with van der Waals surface area (Å²) in [7, 11) is 0. The molecule has 1 unspecified atom stereocenters. The third-order valence-corrected chi connectivity index (χ3v) is 3.92. The Morgan fingerprint density at radius 3 is 2.59 bits per heavy atom. The molecule has 92 valence electrons. The first-order valence-corrected chi connectivity index (χ1v) is 6.87. The van der Waals surface area contributed by atoms with E-state index in [2.05, 4.69) is 19.9 Å². The van der Waals surface area contributed by atoms with Crippen LogP contribution in [0.1, 0.15) is 32.3 Å². The third-order valence-electron chi connectivity index (χ3n) is 3.07. The van der Waals surface area contributed by atoms with Gasteiger partial charge >= 0.3 is 0 Å². The van der Waals surface area contributed by atoms with Crippen LogP contribution in [0.2, 0.25) is 10.0 Å². The van der Waals surface area contributed by atoms with Crippen molar-refractivity contribution in [2.45, 2.75) is 32.1 Å². The van der Waals surface area contributed by atoms with Crippen LogP contribution in [-0.4, -0.2) is 5.38 Å². The molecule has 0 saturated heterocycles. The van der Waals surface area contributed by atoms with E-state index in [1.54, 1.807) is 6.07 Å². The molecule has 3 heteroatoms. The van der Waals surface area contributed by atoms with Crippen molar-refractivity contribution in [2.75, 3.05) is 0 Å². The molecule has 17 heavy (non-hydrogen) atoms. The first-order valence-electron chi connectivity index (χ1n) is 5.68. The van der Waals surface area contributed by atoms with Gasteiger partial charge in [0.15, 0.2) is 0 Å². The number of rotatable bonds is 1. The molecule has 0 fully saturated rings. The van der Waals surface area contributed by atoms with Gasteiger partial charge in [0.25, 0.3) is 0 Å². The van der Waals surface area contributed by atoms with Crippen LogP contribution in [-0.2, 0) is 0 Å². The normalized spacial score (nSPS) is 23.4. The summed E-state index contributed by atoms with van der Waals surface area (Å²) in [6.45, 7) is 4.46. The molecule has 1 atom stereocenters. The molecule has 1 aliphatic rings. The molecule has 0 amide bonds. The number of halogens is 3. The van der Waals surface area contributed by atoms with Crippen molar-refractivity contribution >= 4 is 40.4 Å². The van der Waals surface area contributed by atoms with Crippen molar-refractivity contribution in [3.8, 4) is 0 Å². The van der Waals surface area contributed by atoms with E-state index in [0.717, 1.165) is 23.4 Å². The standard InChI is InChI=1S/C14H15Cl3/c1-14(2)7-9(5-11(16)8-14)12-6-10(15)3-4-13(12)17/h3-6,11H,7-8H2,1-2H3. The predicted molar refractivity (Wildman–Crippen MR) is 77.1 cm³/mol. The topological polar surface area (TPSA) is 0 Å². The highest BCUT2D eigenvalue weighted by molar-refractivity contribution is 6.34. The lowest BCUT2D eigenvalue weighted by molar-refractivity contribution is 0.340. The number of hydrogen-bond donors (Lipinski definition) is 0. The molecular formula is C14H15Cl3. The van der Waals surface area contributed by atoms with Gasteiger partial charge in [-0.15, -0.1) is 11.6 Å². The molecule has 0 heterocycles. The average molecular weight is 290 g/mol. The number of alkyl halides is 1. The summed E-state index contributed by atoms with van der Waals surface area (Å²) in [5.74, 6) is 0. The number of allylic oxidation sites excluding steroid dienone is 2. The lowest BCUT2D eigenvalue weighted by atomic mass is 9.75. The van der Waals surface area contributed by atoms with Gasteiger partial charge in [-0.25, -0.2) is 0 Å². The monoisotopic (exact) mass is 288 g/mol. The molecule has 0 nitrogen and oxygen atoms in total. The first-order chi connectivity index (χ1) is 7.87. The maximum Gasteiger partial charge on any atom is 0.0527 e. The van der Waals surface area contributed by atoms with E-state index >= 15 is 0 Å².